The maximum absolute atomic E-state index is 13.2. The molecule has 24 heavy (non-hydrogen) atoms. The van der Waals surface area contributed by atoms with Crippen molar-refractivity contribution < 1.29 is 24.5 Å². The Morgan fingerprint density at radius 2 is 1.54 bits per heavy atom. The molecule has 0 aliphatic carbocycles. The van der Waals surface area contributed by atoms with Gasteiger partial charge in [0.05, 0.1) is 0 Å². The van der Waals surface area contributed by atoms with E-state index in [1.165, 1.54) is 12.1 Å². The minimum atomic E-state index is -0.952. The monoisotopic (exact) mass is 332 g/mol. The number of phenols is 2. The minimum absolute atomic E-state index is 0.0440. The van der Waals surface area contributed by atoms with Crippen LogP contribution in [0.25, 0.3) is 0 Å². The summed E-state index contributed by atoms with van der Waals surface area (Å²) >= 11 is 0. The number of aromatic hydroxyl groups is 2. The third-order valence-electron chi connectivity index (χ3n) is 4.55. The Morgan fingerprint density at radius 3 is 2.08 bits per heavy atom. The number of carbonyl (C=O) groups is 1. The molecule has 0 spiro atoms. The smallest absolute Gasteiger partial charge is 0.303 e. The van der Waals surface area contributed by atoms with Crippen LogP contribution in [0, 0.1) is 26.6 Å². The second kappa shape index (κ2) is 6.91. The average molecular weight is 332 g/mol. The zero-order valence-electron chi connectivity index (χ0n) is 13.9. The first kappa shape index (κ1) is 17.8. The molecule has 2 aromatic rings. The van der Waals surface area contributed by atoms with Crippen molar-refractivity contribution in [3.8, 4) is 11.5 Å². The van der Waals surface area contributed by atoms with Gasteiger partial charge >= 0.3 is 5.97 Å². The van der Waals surface area contributed by atoms with Crippen LogP contribution in [-0.4, -0.2) is 21.3 Å². The van der Waals surface area contributed by atoms with Crippen LogP contribution in [0.2, 0.25) is 0 Å². The summed E-state index contributed by atoms with van der Waals surface area (Å²) in [7, 11) is 0. The number of carboxylic acids is 1. The van der Waals surface area contributed by atoms with Crippen LogP contribution in [0.4, 0.5) is 4.39 Å². The highest BCUT2D eigenvalue weighted by molar-refractivity contribution is 5.67. The van der Waals surface area contributed by atoms with Crippen molar-refractivity contribution in [1.82, 2.24) is 0 Å². The SMILES string of the molecule is Cc1c(C)c(O)c(C(CCC(=O)O)c2ccc(F)cc2)c(C)c1O. The third-order valence-corrected chi connectivity index (χ3v) is 4.55. The van der Waals surface area contributed by atoms with E-state index in [0.717, 1.165) is 0 Å². The molecule has 0 aromatic heterocycles. The lowest BCUT2D eigenvalue weighted by atomic mass is 9.82. The molecular weight excluding hydrogens is 311 g/mol. The number of phenolic OH excluding ortho intramolecular Hbond substituents is 2. The van der Waals surface area contributed by atoms with Crippen LogP contribution < -0.4 is 0 Å². The normalized spacial score (nSPS) is 12.2. The van der Waals surface area contributed by atoms with Crippen molar-refractivity contribution in [2.45, 2.75) is 39.5 Å². The molecule has 0 aliphatic rings. The van der Waals surface area contributed by atoms with Crippen LogP contribution in [0.15, 0.2) is 24.3 Å². The highest BCUT2D eigenvalue weighted by atomic mass is 19.1. The Bertz CT molecular complexity index is 737. The first-order valence-electron chi connectivity index (χ1n) is 7.72. The fraction of sp³-hybridized carbons (Fsp3) is 0.316. The van der Waals surface area contributed by atoms with Gasteiger partial charge in [-0.05, 0) is 61.6 Å². The standard InChI is InChI=1S/C19H21FO4/c1-10-11(2)19(24)17(12(3)18(10)23)15(8-9-16(21)22)13-4-6-14(20)7-5-13/h4-7,15,23-24H,8-9H2,1-3H3,(H,21,22). The van der Waals surface area contributed by atoms with Crippen LogP contribution in [-0.2, 0) is 4.79 Å². The fourth-order valence-corrected chi connectivity index (χ4v) is 3.01. The number of halogens is 1. The molecule has 0 aliphatic heterocycles. The summed E-state index contributed by atoms with van der Waals surface area (Å²) in [5, 5.41) is 29.9. The van der Waals surface area contributed by atoms with E-state index < -0.39 is 11.9 Å². The Morgan fingerprint density at radius 1 is 1.00 bits per heavy atom. The molecule has 1 unspecified atom stereocenters. The van der Waals surface area contributed by atoms with Crippen molar-refractivity contribution in [2.75, 3.05) is 0 Å². The second-order valence-corrected chi connectivity index (χ2v) is 6.02. The summed E-state index contributed by atoms with van der Waals surface area (Å²) in [4.78, 5) is 11.0. The van der Waals surface area contributed by atoms with Gasteiger partial charge in [0.1, 0.15) is 17.3 Å². The van der Waals surface area contributed by atoms with E-state index in [1.54, 1.807) is 32.9 Å². The van der Waals surface area contributed by atoms with Gasteiger partial charge in [-0.25, -0.2) is 4.39 Å². The summed E-state index contributed by atoms with van der Waals surface area (Å²) in [6, 6.07) is 5.76. The summed E-state index contributed by atoms with van der Waals surface area (Å²) in [5.74, 6) is -1.66. The molecule has 128 valence electrons. The maximum Gasteiger partial charge on any atom is 0.303 e. The molecule has 0 radical (unpaired) electrons. The van der Waals surface area contributed by atoms with Gasteiger partial charge < -0.3 is 15.3 Å². The fourth-order valence-electron chi connectivity index (χ4n) is 3.01. The summed E-state index contributed by atoms with van der Waals surface area (Å²) in [5.41, 5.74) is 2.83. The van der Waals surface area contributed by atoms with Crippen molar-refractivity contribution in [3.63, 3.8) is 0 Å². The van der Waals surface area contributed by atoms with Gasteiger partial charge in [-0.15, -0.1) is 0 Å². The van der Waals surface area contributed by atoms with Gasteiger partial charge in [0, 0.05) is 17.9 Å². The van der Waals surface area contributed by atoms with E-state index in [4.69, 9.17) is 5.11 Å². The zero-order chi connectivity index (χ0) is 18.0. The third kappa shape index (κ3) is 3.35. The van der Waals surface area contributed by atoms with E-state index >= 15 is 0 Å². The molecular formula is C19H21FO4. The van der Waals surface area contributed by atoms with Gasteiger partial charge in [0.2, 0.25) is 0 Å². The number of hydrogen-bond acceptors (Lipinski definition) is 3. The quantitative estimate of drug-likeness (QED) is 0.719. The predicted molar refractivity (Wildman–Crippen MR) is 89.1 cm³/mol. The summed E-state index contributed by atoms with van der Waals surface area (Å²) in [6.45, 7) is 5.10. The van der Waals surface area contributed by atoms with Crippen LogP contribution in [0.5, 0.6) is 11.5 Å². The van der Waals surface area contributed by atoms with E-state index in [0.29, 0.717) is 27.8 Å². The van der Waals surface area contributed by atoms with Crippen LogP contribution in [0.1, 0.15) is 46.6 Å². The van der Waals surface area contributed by atoms with E-state index in [1.807, 2.05) is 0 Å². The summed E-state index contributed by atoms with van der Waals surface area (Å²) < 4.78 is 13.2. The Kier molecular flexibility index (Phi) is 5.12. The molecule has 0 amide bonds. The van der Waals surface area contributed by atoms with Gasteiger partial charge in [-0.2, -0.15) is 0 Å². The topological polar surface area (TPSA) is 77.8 Å². The maximum atomic E-state index is 13.2. The first-order valence-corrected chi connectivity index (χ1v) is 7.72. The van der Waals surface area contributed by atoms with Crippen molar-refractivity contribution >= 4 is 5.97 Å². The lowest BCUT2D eigenvalue weighted by molar-refractivity contribution is -0.137. The Labute approximate surface area is 140 Å². The lowest BCUT2D eigenvalue weighted by Gasteiger charge is -2.24. The number of hydrogen-bond donors (Lipinski definition) is 3. The molecule has 4 nitrogen and oxygen atoms in total. The predicted octanol–water partition coefficient (Wildman–Crippen LogP) is 4.16. The lowest BCUT2D eigenvalue weighted by Crippen LogP contribution is -2.08. The van der Waals surface area contributed by atoms with E-state index in [2.05, 4.69) is 0 Å². The van der Waals surface area contributed by atoms with E-state index in [9.17, 15) is 19.4 Å². The van der Waals surface area contributed by atoms with Crippen molar-refractivity contribution in [1.29, 1.82) is 0 Å². The first-order chi connectivity index (χ1) is 11.2. The van der Waals surface area contributed by atoms with Crippen LogP contribution >= 0.6 is 0 Å². The summed E-state index contributed by atoms with van der Waals surface area (Å²) in [6.07, 6.45) is 0.131. The van der Waals surface area contributed by atoms with Crippen molar-refractivity contribution in [3.05, 3.63) is 57.9 Å². The molecule has 0 fully saturated rings. The van der Waals surface area contributed by atoms with Crippen LogP contribution in [0.3, 0.4) is 0 Å². The number of rotatable bonds is 5. The minimum Gasteiger partial charge on any atom is -0.507 e. The van der Waals surface area contributed by atoms with Gasteiger partial charge in [0.15, 0.2) is 0 Å². The zero-order valence-corrected chi connectivity index (χ0v) is 13.9. The number of aliphatic carboxylic acids is 1. The molecule has 1 atom stereocenters. The average Bonchev–Trinajstić information content (AvgIpc) is 2.55. The Balaban J connectivity index is 2.63. The second-order valence-electron chi connectivity index (χ2n) is 6.02. The molecule has 0 heterocycles. The largest absolute Gasteiger partial charge is 0.507 e. The highest BCUT2D eigenvalue weighted by Crippen LogP contribution is 2.44. The van der Waals surface area contributed by atoms with Gasteiger partial charge in [-0.3, -0.25) is 4.79 Å². The van der Waals surface area contributed by atoms with Gasteiger partial charge in [0.25, 0.3) is 0 Å². The molecule has 0 saturated heterocycles. The number of carboxylic acid groups (broad SMARTS) is 1. The van der Waals surface area contributed by atoms with E-state index in [-0.39, 0.29) is 30.2 Å². The molecule has 2 rings (SSSR count). The molecule has 3 N–H and O–H groups in total. The Hall–Kier alpha value is -2.56. The molecule has 5 heteroatoms. The van der Waals surface area contributed by atoms with Gasteiger partial charge in [-0.1, -0.05) is 12.1 Å². The molecule has 0 bridgehead atoms. The molecule has 0 saturated carbocycles. The highest BCUT2D eigenvalue weighted by Gasteiger charge is 2.25. The molecule has 2 aromatic carbocycles. The number of benzene rings is 2. The van der Waals surface area contributed by atoms with Crippen molar-refractivity contribution in [2.24, 2.45) is 0 Å².